The van der Waals surface area contributed by atoms with Gasteiger partial charge < -0.3 is 14.3 Å². The van der Waals surface area contributed by atoms with Gasteiger partial charge in [-0.15, -0.1) is 0 Å². The molecular weight excluding hydrogens is 432 g/mol. The molecule has 5 rings (SSSR count). The summed E-state index contributed by atoms with van der Waals surface area (Å²) in [4.78, 5) is 38.7. The molecule has 0 aliphatic rings. The maximum absolute atomic E-state index is 13.2. The number of rotatable bonds is 4. The zero-order chi connectivity index (χ0) is 24.0. The lowest BCUT2D eigenvalue weighted by atomic mass is 10.1. The van der Waals surface area contributed by atoms with Crippen molar-refractivity contribution in [2.24, 2.45) is 14.1 Å². The van der Waals surface area contributed by atoms with Gasteiger partial charge in [0, 0.05) is 20.3 Å². The smallest absolute Gasteiger partial charge is 0.330 e. The van der Waals surface area contributed by atoms with Crippen LogP contribution in [0, 0.1) is 6.92 Å². The molecule has 3 heterocycles. The molecule has 0 bridgehead atoms. The van der Waals surface area contributed by atoms with Gasteiger partial charge in [-0.05, 0) is 36.8 Å². The summed E-state index contributed by atoms with van der Waals surface area (Å²) < 4.78 is 9.85. The zero-order valence-corrected chi connectivity index (χ0v) is 18.9. The van der Waals surface area contributed by atoms with Crippen molar-refractivity contribution >= 4 is 22.5 Å². The fourth-order valence-electron chi connectivity index (χ4n) is 4.14. The molecule has 1 amide bonds. The monoisotopic (exact) mass is 454 g/mol. The van der Waals surface area contributed by atoms with Gasteiger partial charge in [-0.3, -0.25) is 18.7 Å². The number of nitrogens with one attached hydrogen (secondary N) is 1. The SMILES string of the molecule is Cc1ccc(C(=O)Nc2ccccc2-n2cc3c(c2-c2ccccc2)c(=O)n(C)c(=O)n3C)o1. The highest BCUT2D eigenvalue weighted by Gasteiger charge is 2.22. The first-order chi connectivity index (χ1) is 16.4. The number of amides is 1. The third-order valence-corrected chi connectivity index (χ3v) is 5.86. The van der Waals surface area contributed by atoms with Gasteiger partial charge >= 0.3 is 5.69 Å². The molecule has 170 valence electrons. The van der Waals surface area contributed by atoms with Crippen LogP contribution in [0.3, 0.4) is 0 Å². The fourth-order valence-corrected chi connectivity index (χ4v) is 4.14. The lowest BCUT2D eigenvalue weighted by Crippen LogP contribution is -2.36. The van der Waals surface area contributed by atoms with Crippen LogP contribution in [0.4, 0.5) is 5.69 Å². The van der Waals surface area contributed by atoms with Gasteiger partial charge in [0.15, 0.2) is 5.76 Å². The quantitative estimate of drug-likeness (QED) is 0.447. The van der Waals surface area contributed by atoms with E-state index in [0.717, 1.165) is 10.1 Å². The average Bonchev–Trinajstić information content (AvgIpc) is 3.46. The Morgan fingerprint density at radius 3 is 2.29 bits per heavy atom. The van der Waals surface area contributed by atoms with Gasteiger partial charge in [0.25, 0.3) is 11.5 Å². The number of carbonyl (C=O) groups is 1. The third-order valence-electron chi connectivity index (χ3n) is 5.86. The van der Waals surface area contributed by atoms with Crippen molar-refractivity contribution in [3.63, 3.8) is 0 Å². The second kappa shape index (κ2) is 8.08. The largest absolute Gasteiger partial charge is 0.456 e. The molecule has 0 spiro atoms. The molecule has 0 fully saturated rings. The summed E-state index contributed by atoms with van der Waals surface area (Å²) in [7, 11) is 3.10. The summed E-state index contributed by atoms with van der Waals surface area (Å²) in [5, 5.41) is 3.32. The van der Waals surface area contributed by atoms with Crippen molar-refractivity contribution in [1.29, 1.82) is 0 Å². The molecule has 34 heavy (non-hydrogen) atoms. The Kier molecular flexibility index (Phi) is 5.05. The first-order valence-corrected chi connectivity index (χ1v) is 10.7. The first-order valence-electron chi connectivity index (χ1n) is 10.7. The number of aromatic nitrogens is 3. The highest BCUT2D eigenvalue weighted by molar-refractivity contribution is 6.04. The Labute approximate surface area is 194 Å². The van der Waals surface area contributed by atoms with Crippen molar-refractivity contribution < 1.29 is 9.21 Å². The maximum atomic E-state index is 13.2. The summed E-state index contributed by atoms with van der Waals surface area (Å²) in [6.07, 6.45) is 1.75. The maximum Gasteiger partial charge on any atom is 0.330 e. The number of benzene rings is 2. The minimum Gasteiger partial charge on any atom is -0.456 e. The molecule has 0 aliphatic carbocycles. The van der Waals surface area contributed by atoms with Gasteiger partial charge in [-0.2, -0.15) is 0 Å². The number of para-hydroxylation sites is 2. The summed E-state index contributed by atoms with van der Waals surface area (Å²) in [5.41, 5.74) is 2.30. The van der Waals surface area contributed by atoms with E-state index < -0.39 is 5.69 Å². The Morgan fingerprint density at radius 1 is 0.882 bits per heavy atom. The van der Waals surface area contributed by atoms with Crippen LogP contribution in [0.5, 0.6) is 0 Å². The van der Waals surface area contributed by atoms with Crippen LogP contribution < -0.4 is 16.6 Å². The third kappa shape index (κ3) is 3.36. The molecule has 2 aromatic carbocycles. The lowest BCUT2D eigenvalue weighted by molar-refractivity contribution is 0.0995. The molecule has 0 saturated heterocycles. The molecule has 0 unspecified atom stereocenters. The van der Waals surface area contributed by atoms with Gasteiger partial charge in [0.1, 0.15) is 5.76 Å². The van der Waals surface area contributed by atoms with Crippen molar-refractivity contribution in [1.82, 2.24) is 13.7 Å². The average molecular weight is 454 g/mol. The number of aryl methyl sites for hydroxylation is 2. The van der Waals surface area contributed by atoms with E-state index in [0.29, 0.717) is 33.7 Å². The Bertz CT molecular complexity index is 1670. The molecule has 0 aliphatic heterocycles. The zero-order valence-electron chi connectivity index (χ0n) is 18.9. The molecule has 3 aromatic heterocycles. The molecule has 0 atom stereocenters. The van der Waals surface area contributed by atoms with Crippen molar-refractivity contribution in [3.8, 4) is 16.9 Å². The number of furan rings is 1. The van der Waals surface area contributed by atoms with Gasteiger partial charge in [0.2, 0.25) is 0 Å². The first kappa shape index (κ1) is 21.3. The number of anilines is 1. The fraction of sp³-hybridized carbons (Fsp3) is 0.115. The van der Waals surface area contributed by atoms with E-state index >= 15 is 0 Å². The predicted molar refractivity (Wildman–Crippen MR) is 131 cm³/mol. The van der Waals surface area contributed by atoms with Crippen LogP contribution in [-0.4, -0.2) is 19.6 Å². The lowest BCUT2D eigenvalue weighted by Gasteiger charge is -2.15. The second-order valence-electron chi connectivity index (χ2n) is 8.06. The highest BCUT2D eigenvalue weighted by atomic mass is 16.3. The van der Waals surface area contributed by atoms with Crippen molar-refractivity contribution in [2.75, 3.05) is 5.32 Å². The van der Waals surface area contributed by atoms with Crippen LogP contribution in [-0.2, 0) is 14.1 Å². The Hall–Kier alpha value is -4.59. The summed E-state index contributed by atoms with van der Waals surface area (Å²) in [6, 6.07) is 20.1. The van der Waals surface area contributed by atoms with Crippen LogP contribution in [0.25, 0.3) is 27.8 Å². The van der Waals surface area contributed by atoms with Crippen LogP contribution in [0.15, 0.2) is 86.9 Å². The van der Waals surface area contributed by atoms with E-state index in [1.54, 1.807) is 38.4 Å². The van der Waals surface area contributed by atoms with E-state index in [1.807, 2.05) is 53.1 Å². The Balaban J connectivity index is 1.78. The number of carbonyl (C=O) groups excluding carboxylic acids is 1. The van der Waals surface area contributed by atoms with E-state index in [-0.39, 0.29) is 17.2 Å². The van der Waals surface area contributed by atoms with E-state index in [2.05, 4.69) is 5.32 Å². The molecule has 8 nitrogen and oxygen atoms in total. The molecular formula is C26H22N4O4. The molecule has 5 aromatic rings. The standard InChI is InChI=1S/C26H22N4O4/c1-16-13-14-21(34-16)24(31)27-18-11-7-8-12-19(18)30-15-20-22(23(30)17-9-5-4-6-10-17)25(32)29(3)26(33)28(20)2/h4-15H,1-3H3,(H,27,31). The van der Waals surface area contributed by atoms with E-state index in [1.165, 1.54) is 11.6 Å². The summed E-state index contributed by atoms with van der Waals surface area (Å²) in [6.45, 7) is 1.77. The minimum absolute atomic E-state index is 0.199. The number of nitrogens with zero attached hydrogens (tertiary/aromatic N) is 3. The van der Waals surface area contributed by atoms with Crippen molar-refractivity contribution in [2.45, 2.75) is 6.92 Å². The number of hydrogen-bond donors (Lipinski definition) is 1. The number of hydrogen-bond acceptors (Lipinski definition) is 4. The Morgan fingerprint density at radius 2 is 1.59 bits per heavy atom. The van der Waals surface area contributed by atoms with Crippen molar-refractivity contribution in [3.05, 3.63) is 105 Å². The topological polar surface area (TPSA) is 91.2 Å². The van der Waals surface area contributed by atoms with Gasteiger partial charge in [0.05, 0.1) is 28.0 Å². The molecule has 0 radical (unpaired) electrons. The normalized spacial score (nSPS) is 11.1. The van der Waals surface area contributed by atoms with E-state index in [9.17, 15) is 14.4 Å². The molecule has 1 N–H and O–H groups in total. The summed E-state index contributed by atoms with van der Waals surface area (Å²) >= 11 is 0. The predicted octanol–water partition coefficient (Wildman–Crippen LogP) is 3.85. The second-order valence-corrected chi connectivity index (χ2v) is 8.06. The highest BCUT2D eigenvalue weighted by Crippen LogP contribution is 2.33. The van der Waals surface area contributed by atoms with Crippen LogP contribution in [0.2, 0.25) is 0 Å². The van der Waals surface area contributed by atoms with Gasteiger partial charge in [-0.25, -0.2) is 4.79 Å². The van der Waals surface area contributed by atoms with Crippen LogP contribution in [0.1, 0.15) is 16.3 Å². The number of fused-ring (bicyclic) bond motifs is 1. The summed E-state index contributed by atoms with van der Waals surface area (Å²) in [5.74, 6) is 0.449. The molecule has 0 saturated carbocycles. The van der Waals surface area contributed by atoms with Crippen LogP contribution >= 0.6 is 0 Å². The van der Waals surface area contributed by atoms with Gasteiger partial charge in [-0.1, -0.05) is 42.5 Å². The molecule has 8 heteroatoms. The minimum atomic E-state index is -0.413. The van der Waals surface area contributed by atoms with E-state index in [4.69, 9.17) is 4.42 Å².